The topological polar surface area (TPSA) is 120 Å². The van der Waals surface area contributed by atoms with Crippen LogP contribution < -0.4 is 10.6 Å². The van der Waals surface area contributed by atoms with Gasteiger partial charge in [0.1, 0.15) is 25.3 Å². The molecule has 0 fully saturated rings. The molecule has 2 atom stereocenters. The SMILES string of the molecule is COC(=O)[C@H](Cc1ccccc1)NC(=O)[C@H](CC(=O)OCc1ccccc1)NC(=O)OCc1ccccc1. The van der Waals surface area contributed by atoms with Gasteiger partial charge in [0.05, 0.1) is 13.5 Å². The summed E-state index contributed by atoms with van der Waals surface area (Å²) in [5.41, 5.74) is 2.31. The number of amides is 2. The highest BCUT2D eigenvalue weighted by molar-refractivity contribution is 5.92. The van der Waals surface area contributed by atoms with Gasteiger partial charge in [-0.25, -0.2) is 9.59 Å². The van der Waals surface area contributed by atoms with E-state index in [1.807, 2.05) is 30.3 Å². The molecule has 3 aromatic carbocycles. The summed E-state index contributed by atoms with van der Waals surface area (Å²) in [6.07, 6.45) is -1.22. The van der Waals surface area contributed by atoms with Gasteiger partial charge in [-0.1, -0.05) is 91.0 Å². The van der Waals surface area contributed by atoms with Crippen LogP contribution in [0.4, 0.5) is 4.79 Å². The van der Waals surface area contributed by atoms with Crippen LogP contribution in [0.3, 0.4) is 0 Å². The lowest BCUT2D eigenvalue weighted by Crippen LogP contribution is -2.53. The minimum Gasteiger partial charge on any atom is -0.467 e. The van der Waals surface area contributed by atoms with Gasteiger partial charge < -0.3 is 24.8 Å². The summed E-state index contributed by atoms with van der Waals surface area (Å²) in [7, 11) is 1.21. The van der Waals surface area contributed by atoms with Crippen LogP contribution in [-0.4, -0.2) is 43.1 Å². The highest BCUT2D eigenvalue weighted by atomic mass is 16.6. The molecule has 3 aromatic rings. The Balaban J connectivity index is 1.67. The second-order valence-corrected chi connectivity index (χ2v) is 8.38. The van der Waals surface area contributed by atoms with Gasteiger partial charge in [-0.15, -0.1) is 0 Å². The Labute approximate surface area is 221 Å². The van der Waals surface area contributed by atoms with Crippen LogP contribution in [0.2, 0.25) is 0 Å². The Bertz CT molecular complexity index is 1130. The Hall–Kier alpha value is -4.66. The van der Waals surface area contributed by atoms with Crippen molar-refractivity contribution in [1.82, 2.24) is 10.6 Å². The molecular weight excluding hydrogens is 488 g/mol. The lowest BCUT2D eigenvalue weighted by atomic mass is 10.1. The van der Waals surface area contributed by atoms with Crippen molar-refractivity contribution in [2.24, 2.45) is 0 Å². The van der Waals surface area contributed by atoms with Gasteiger partial charge in [-0.3, -0.25) is 9.59 Å². The Morgan fingerprint density at radius 3 is 1.68 bits per heavy atom. The number of alkyl carbamates (subject to hydrolysis) is 1. The molecule has 2 amide bonds. The van der Waals surface area contributed by atoms with Crippen LogP contribution in [0.25, 0.3) is 0 Å². The number of methoxy groups -OCH3 is 1. The number of rotatable bonds is 12. The minimum absolute atomic E-state index is 0.00522. The number of ether oxygens (including phenoxy) is 3. The van der Waals surface area contributed by atoms with Crippen molar-refractivity contribution < 1.29 is 33.4 Å². The van der Waals surface area contributed by atoms with Crippen molar-refractivity contribution in [2.75, 3.05) is 7.11 Å². The number of carbonyl (C=O) groups excluding carboxylic acids is 4. The monoisotopic (exact) mass is 518 g/mol. The van der Waals surface area contributed by atoms with Crippen molar-refractivity contribution in [3.05, 3.63) is 108 Å². The molecule has 0 aliphatic rings. The summed E-state index contributed by atoms with van der Waals surface area (Å²) in [4.78, 5) is 50.7. The maximum atomic E-state index is 13.2. The quantitative estimate of drug-likeness (QED) is 0.279. The standard InChI is InChI=1S/C29H30N2O7/c1-36-28(34)25(17-21-11-5-2-6-12-21)30-27(33)24(18-26(32)37-19-22-13-7-3-8-14-22)31-29(35)38-20-23-15-9-4-10-16-23/h2-16,24-25H,17-20H2,1H3,(H,30,33)(H,31,35)/t24-,25-/m0/s1. The average Bonchev–Trinajstić information content (AvgIpc) is 2.95. The summed E-state index contributed by atoms with van der Waals surface area (Å²) in [6, 6.07) is 24.7. The van der Waals surface area contributed by atoms with Gasteiger partial charge in [0, 0.05) is 6.42 Å². The van der Waals surface area contributed by atoms with Crippen molar-refractivity contribution >= 4 is 23.9 Å². The van der Waals surface area contributed by atoms with E-state index < -0.39 is 42.4 Å². The van der Waals surface area contributed by atoms with Gasteiger partial charge in [-0.05, 0) is 16.7 Å². The molecule has 2 N–H and O–H groups in total. The van der Waals surface area contributed by atoms with Crippen molar-refractivity contribution in [1.29, 1.82) is 0 Å². The normalized spacial score (nSPS) is 11.9. The van der Waals surface area contributed by atoms with Crippen LogP contribution in [0.15, 0.2) is 91.0 Å². The fourth-order valence-electron chi connectivity index (χ4n) is 3.54. The van der Waals surface area contributed by atoms with E-state index in [2.05, 4.69) is 10.6 Å². The smallest absolute Gasteiger partial charge is 0.408 e. The molecule has 0 saturated carbocycles. The second kappa shape index (κ2) is 14.8. The van der Waals surface area contributed by atoms with E-state index >= 15 is 0 Å². The third-order valence-electron chi connectivity index (χ3n) is 5.52. The van der Waals surface area contributed by atoms with Gasteiger partial charge in [0.15, 0.2) is 0 Å². The van der Waals surface area contributed by atoms with E-state index in [-0.39, 0.29) is 19.6 Å². The highest BCUT2D eigenvalue weighted by Gasteiger charge is 2.30. The number of nitrogens with one attached hydrogen (secondary N) is 2. The maximum absolute atomic E-state index is 13.2. The predicted octanol–water partition coefficient (Wildman–Crippen LogP) is 3.32. The largest absolute Gasteiger partial charge is 0.467 e. The molecule has 0 aromatic heterocycles. The third-order valence-corrected chi connectivity index (χ3v) is 5.52. The molecule has 0 unspecified atom stereocenters. The molecule has 0 aliphatic heterocycles. The Morgan fingerprint density at radius 2 is 1.16 bits per heavy atom. The summed E-state index contributed by atoms with van der Waals surface area (Å²) in [5.74, 6) is -2.14. The maximum Gasteiger partial charge on any atom is 0.408 e. The summed E-state index contributed by atoms with van der Waals surface area (Å²) < 4.78 is 15.3. The predicted molar refractivity (Wildman–Crippen MR) is 138 cm³/mol. The number of esters is 2. The van der Waals surface area contributed by atoms with Crippen LogP contribution in [0.1, 0.15) is 23.1 Å². The second-order valence-electron chi connectivity index (χ2n) is 8.38. The van der Waals surface area contributed by atoms with Crippen LogP contribution in [-0.2, 0) is 48.2 Å². The van der Waals surface area contributed by atoms with E-state index in [1.54, 1.807) is 60.7 Å². The van der Waals surface area contributed by atoms with E-state index in [1.165, 1.54) is 7.11 Å². The zero-order valence-electron chi connectivity index (χ0n) is 21.0. The van der Waals surface area contributed by atoms with Crippen LogP contribution >= 0.6 is 0 Å². The average molecular weight is 519 g/mol. The van der Waals surface area contributed by atoms with Crippen LogP contribution in [0, 0.1) is 0 Å². The van der Waals surface area contributed by atoms with Crippen molar-refractivity contribution in [3.8, 4) is 0 Å². The number of hydrogen-bond donors (Lipinski definition) is 2. The summed E-state index contributed by atoms with van der Waals surface area (Å²) >= 11 is 0. The van der Waals surface area contributed by atoms with E-state index in [4.69, 9.17) is 14.2 Å². The zero-order chi connectivity index (χ0) is 27.2. The van der Waals surface area contributed by atoms with Crippen LogP contribution in [0.5, 0.6) is 0 Å². The van der Waals surface area contributed by atoms with Gasteiger partial charge in [0.25, 0.3) is 0 Å². The minimum atomic E-state index is -1.36. The van der Waals surface area contributed by atoms with Gasteiger partial charge in [-0.2, -0.15) is 0 Å². The Kier molecular flexibility index (Phi) is 10.9. The lowest BCUT2D eigenvalue weighted by molar-refractivity contribution is -0.147. The van der Waals surface area contributed by atoms with Crippen molar-refractivity contribution in [2.45, 2.75) is 38.1 Å². The van der Waals surface area contributed by atoms with E-state index in [9.17, 15) is 19.2 Å². The fourth-order valence-corrected chi connectivity index (χ4v) is 3.54. The first kappa shape index (κ1) is 27.9. The molecule has 3 rings (SSSR count). The molecule has 0 heterocycles. The first-order valence-corrected chi connectivity index (χ1v) is 12.0. The molecule has 38 heavy (non-hydrogen) atoms. The lowest BCUT2D eigenvalue weighted by Gasteiger charge is -2.22. The number of carbonyl (C=O) groups is 4. The summed E-state index contributed by atoms with van der Waals surface area (Å²) in [6.45, 7) is -0.0243. The first-order chi connectivity index (χ1) is 18.4. The molecule has 0 saturated heterocycles. The molecule has 0 bridgehead atoms. The number of hydrogen-bond acceptors (Lipinski definition) is 7. The molecule has 0 spiro atoms. The van der Waals surface area contributed by atoms with E-state index in [0.717, 1.165) is 16.7 Å². The first-order valence-electron chi connectivity index (χ1n) is 12.0. The fraction of sp³-hybridized carbons (Fsp3) is 0.241. The molecule has 0 aliphatic carbocycles. The highest BCUT2D eigenvalue weighted by Crippen LogP contribution is 2.08. The zero-order valence-corrected chi connectivity index (χ0v) is 21.0. The summed E-state index contributed by atoms with van der Waals surface area (Å²) in [5, 5.41) is 5.00. The van der Waals surface area contributed by atoms with E-state index in [0.29, 0.717) is 0 Å². The third kappa shape index (κ3) is 9.42. The molecule has 9 heteroatoms. The molecule has 198 valence electrons. The molecule has 0 radical (unpaired) electrons. The molecular formula is C29H30N2O7. The van der Waals surface area contributed by atoms with Crippen molar-refractivity contribution in [3.63, 3.8) is 0 Å². The molecule has 9 nitrogen and oxygen atoms in total. The number of benzene rings is 3. The van der Waals surface area contributed by atoms with Gasteiger partial charge in [0.2, 0.25) is 5.91 Å². The van der Waals surface area contributed by atoms with Gasteiger partial charge >= 0.3 is 18.0 Å². The Morgan fingerprint density at radius 1 is 0.658 bits per heavy atom.